The SMILES string of the molecule is CC(NC(=O)N[C@@H]1CCC[C@@H]1CO)(c1ccccc1)C(F)(F)F. The zero-order valence-electron chi connectivity index (χ0n) is 12.9. The number of halogens is 3. The Bertz CT molecular complexity index is 536. The van der Waals surface area contributed by atoms with E-state index in [0.717, 1.165) is 19.8 Å². The van der Waals surface area contributed by atoms with Gasteiger partial charge in [-0.3, -0.25) is 0 Å². The fraction of sp³-hybridized carbons (Fsp3) is 0.562. The first-order valence-electron chi connectivity index (χ1n) is 7.59. The van der Waals surface area contributed by atoms with Crippen molar-refractivity contribution in [2.24, 2.45) is 5.92 Å². The van der Waals surface area contributed by atoms with Crippen LogP contribution in [0, 0.1) is 5.92 Å². The van der Waals surface area contributed by atoms with Crippen LogP contribution in [0.3, 0.4) is 0 Å². The van der Waals surface area contributed by atoms with Crippen molar-refractivity contribution in [2.45, 2.75) is 43.9 Å². The van der Waals surface area contributed by atoms with Crippen LogP contribution in [0.15, 0.2) is 30.3 Å². The predicted molar refractivity (Wildman–Crippen MR) is 79.7 cm³/mol. The van der Waals surface area contributed by atoms with Gasteiger partial charge in [0, 0.05) is 18.6 Å². The number of hydrogen-bond donors (Lipinski definition) is 3. The number of nitrogens with one attached hydrogen (secondary N) is 2. The molecule has 0 aliphatic heterocycles. The third-order valence-electron chi connectivity index (χ3n) is 4.49. The highest BCUT2D eigenvalue weighted by atomic mass is 19.4. The van der Waals surface area contributed by atoms with Crippen LogP contribution in [0.25, 0.3) is 0 Å². The quantitative estimate of drug-likeness (QED) is 0.795. The summed E-state index contributed by atoms with van der Waals surface area (Å²) in [6.45, 7) is 0.861. The smallest absolute Gasteiger partial charge is 0.396 e. The molecule has 2 amide bonds. The van der Waals surface area contributed by atoms with Gasteiger partial charge in [0.2, 0.25) is 0 Å². The van der Waals surface area contributed by atoms with Crippen molar-refractivity contribution in [3.05, 3.63) is 35.9 Å². The second-order valence-corrected chi connectivity index (χ2v) is 6.07. The molecule has 128 valence electrons. The molecule has 0 bridgehead atoms. The maximum absolute atomic E-state index is 13.5. The number of benzene rings is 1. The maximum Gasteiger partial charge on any atom is 0.415 e. The third kappa shape index (κ3) is 3.77. The molecule has 1 saturated carbocycles. The first-order chi connectivity index (χ1) is 10.8. The molecule has 1 aliphatic rings. The van der Waals surface area contributed by atoms with E-state index in [0.29, 0.717) is 6.42 Å². The van der Waals surface area contributed by atoms with Crippen LogP contribution in [0.2, 0.25) is 0 Å². The van der Waals surface area contributed by atoms with Crippen molar-refractivity contribution in [1.82, 2.24) is 10.6 Å². The van der Waals surface area contributed by atoms with Gasteiger partial charge >= 0.3 is 12.2 Å². The van der Waals surface area contributed by atoms with Crippen LogP contribution >= 0.6 is 0 Å². The van der Waals surface area contributed by atoms with E-state index in [-0.39, 0.29) is 24.1 Å². The molecule has 1 unspecified atom stereocenters. The van der Waals surface area contributed by atoms with E-state index >= 15 is 0 Å². The van der Waals surface area contributed by atoms with Gasteiger partial charge in [-0.05, 0) is 25.3 Å². The highest BCUT2D eigenvalue weighted by Gasteiger charge is 2.53. The molecule has 0 radical (unpaired) electrons. The number of carbonyl (C=O) groups is 1. The van der Waals surface area contributed by atoms with Gasteiger partial charge in [-0.1, -0.05) is 36.8 Å². The molecule has 2 rings (SSSR count). The molecule has 1 aromatic carbocycles. The van der Waals surface area contributed by atoms with E-state index in [1.165, 1.54) is 24.3 Å². The maximum atomic E-state index is 13.5. The lowest BCUT2D eigenvalue weighted by atomic mass is 9.91. The number of carbonyl (C=O) groups excluding carboxylic acids is 1. The van der Waals surface area contributed by atoms with Gasteiger partial charge < -0.3 is 15.7 Å². The molecular weight excluding hydrogens is 309 g/mol. The van der Waals surface area contributed by atoms with Crippen LogP contribution in [0.5, 0.6) is 0 Å². The van der Waals surface area contributed by atoms with Crippen LogP contribution in [0.1, 0.15) is 31.7 Å². The highest BCUT2D eigenvalue weighted by molar-refractivity contribution is 5.75. The Hall–Kier alpha value is -1.76. The normalized spacial score (nSPS) is 24.0. The van der Waals surface area contributed by atoms with E-state index in [4.69, 9.17) is 0 Å². The number of aliphatic hydroxyl groups is 1. The third-order valence-corrected chi connectivity index (χ3v) is 4.49. The second kappa shape index (κ2) is 6.78. The zero-order valence-corrected chi connectivity index (χ0v) is 12.9. The van der Waals surface area contributed by atoms with Crippen LogP contribution in [-0.4, -0.2) is 30.0 Å². The molecule has 0 aromatic heterocycles. The molecule has 1 fully saturated rings. The number of aliphatic hydroxyl groups excluding tert-OH is 1. The Labute approximate surface area is 133 Å². The lowest BCUT2D eigenvalue weighted by Gasteiger charge is -2.34. The monoisotopic (exact) mass is 330 g/mol. The first-order valence-corrected chi connectivity index (χ1v) is 7.59. The fourth-order valence-corrected chi connectivity index (χ4v) is 2.96. The fourth-order valence-electron chi connectivity index (χ4n) is 2.96. The lowest BCUT2D eigenvalue weighted by Crippen LogP contribution is -2.58. The van der Waals surface area contributed by atoms with Crippen molar-refractivity contribution in [1.29, 1.82) is 0 Å². The summed E-state index contributed by atoms with van der Waals surface area (Å²) in [5, 5.41) is 13.9. The molecule has 0 heterocycles. The second-order valence-electron chi connectivity index (χ2n) is 6.07. The van der Waals surface area contributed by atoms with E-state index in [1.54, 1.807) is 6.07 Å². The van der Waals surface area contributed by atoms with Crippen LogP contribution < -0.4 is 10.6 Å². The summed E-state index contributed by atoms with van der Waals surface area (Å²) in [4.78, 5) is 12.1. The largest absolute Gasteiger partial charge is 0.415 e. The van der Waals surface area contributed by atoms with Gasteiger partial charge in [0.1, 0.15) is 0 Å². The van der Waals surface area contributed by atoms with Gasteiger partial charge in [0.25, 0.3) is 0 Å². The number of alkyl halides is 3. The van der Waals surface area contributed by atoms with E-state index < -0.39 is 17.7 Å². The molecular formula is C16H21F3N2O2. The Balaban J connectivity index is 2.14. The topological polar surface area (TPSA) is 61.4 Å². The van der Waals surface area contributed by atoms with Crippen molar-refractivity contribution < 1.29 is 23.1 Å². The van der Waals surface area contributed by atoms with E-state index in [2.05, 4.69) is 10.6 Å². The molecule has 4 nitrogen and oxygen atoms in total. The van der Waals surface area contributed by atoms with Crippen molar-refractivity contribution in [3.63, 3.8) is 0 Å². The average molecular weight is 330 g/mol. The molecule has 1 aromatic rings. The van der Waals surface area contributed by atoms with Crippen molar-refractivity contribution >= 4 is 6.03 Å². The summed E-state index contributed by atoms with van der Waals surface area (Å²) >= 11 is 0. The lowest BCUT2D eigenvalue weighted by molar-refractivity contribution is -0.191. The number of amides is 2. The summed E-state index contributed by atoms with van der Waals surface area (Å²) in [6.07, 6.45) is -2.38. The van der Waals surface area contributed by atoms with E-state index in [9.17, 15) is 23.1 Å². The van der Waals surface area contributed by atoms with Crippen LogP contribution in [-0.2, 0) is 5.54 Å². The molecule has 3 atom stereocenters. The van der Waals surface area contributed by atoms with Gasteiger partial charge in [-0.2, -0.15) is 13.2 Å². The van der Waals surface area contributed by atoms with Gasteiger partial charge in [0.15, 0.2) is 5.54 Å². The zero-order chi connectivity index (χ0) is 17.1. The minimum atomic E-state index is -4.64. The number of urea groups is 1. The summed E-state index contributed by atoms with van der Waals surface area (Å²) in [7, 11) is 0. The Morgan fingerprint density at radius 2 is 1.91 bits per heavy atom. The van der Waals surface area contributed by atoms with Gasteiger partial charge in [0.05, 0.1) is 0 Å². The molecule has 7 heteroatoms. The Kier molecular flexibility index (Phi) is 5.19. The molecule has 3 N–H and O–H groups in total. The molecule has 0 spiro atoms. The summed E-state index contributed by atoms with van der Waals surface area (Å²) in [5.41, 5.74) is -2.51. The Morgan fingerprint density at radius 3 is 2.48 bits per heavy atom. The minimum Gasteiger partial charge on any atom is -0.396 e. The summed E-state index contributed by atoms with van der Waals surface area (Å²) in [6, 6.07) is 6.10. The molecule has 23 heavy (non-hydrogen) atoms. The Morgan fingerprint density at radius 1 is 1.26 bits per heavy atom. The summed E-state index contributed by atoms with van der Waals surface area (Å²) in [5.74, 6) is -0.102. The highest BCUT2D eigenvalue weighted by Crippen LogP contribution is 2.38. The van der Waals surface area contributed by atoms with Crippen molar-refractivity contribution in [2.75, 3.05) is 6.61 Å². The minimum absolute atomic E-state index is 0.0345. The average Bonchev–Trinajstić information content (AvgIpc) is 2.93. The predicted octanol–water partition coefficient (Wildman–Crippen LogP) is 2.92. The van der Waals surface area contributed by atoms with Crippen LogP contribution in [0.4, 0.5) is 18.0 Å². The molecule has 0 saturated heterocycles. The number of hydrogen-bond acceptors (Lipinski definition) is 2. The number of rotatable bonds is 4. The van der Waals surface area contributed by atoms with Gasteiger partial charge in [-0.15, -0.1) is 0 Å². The first kappa shape index (κ1) is 17.6. The van der Waals surface area contributed by atoms with Crippen molar-refractivity contribution in [3.8, 4) is 0 Å². The van der Waals surface area contributed by atoms with E-state index in [1.807, 2.05) is 0 Å². The van der Waals surface area contributed by atoms with Gasteiger partial charge in [-0.25, -0.2) is 4.79 Å². The molecule has 1 aliphatic carbocycles. The summed E-state index contributed by atoms with van der Waals surface area (Å²) < 4.78 is 40.6. The standard InChI is InChI=1S/C16H21F3N2O2/c1-15(16(17,18)19,12-7-3-2-4-8-12)21-14(23)20-13-9-5-6-11(13)10-22/h2-4,7-8,11,13,22H,5-6,9-10H2,1H3,(H2,20,21,23)/t11-,13-,15?/m1/s1.